The Balaban J connectivity index is 2.69. The smallest absolute Gasteiger partial charge is 0.207 e. The second-order valence-electron chi connectivity index (χ2n) is 2.89. The van der Waals surface area contributed by atoms with Crippen LogP contribution in [-0.4, -0.2) is 8.42 Å². The number of hydrogen-bond acceptors (Lipinski definition) is 2. The lowest BCUT2D eigenvalue weighted by atomic mass is 10.1. The van der Waals surface area contributed by atoms with Gasteiger partial charge in [-0.3, -0.25) is 0 Å². The van der Waals surface area contributed by atoms with Crippen LogP contribution in [0.5, 0.6) is 0 Å². The molecule has 4 heteroatoms. The van der Waals surface area contributed by atoms with E-state index in [-0.39, 0.29) is 10.8 Å². The largest absolute Gasteiger partial charge is 0.257 e. The van der Waals surface area contributed by atoms with Crippen LogP contribution in [0.25, 0.3) is 0 Å². The molecule has 0 heterocycles. The summed E-state index contributed by atoms with van der Waals surface area (Å²) in [6.45, 7) is 3.49. The van der Waals surface area contributed by atoms with E-state index in [1.54, 1.807) is 0 Å². The van der Waals surface area contributed by atoms with Crippen molar-refractivity contribution in [1.29, 1.82) is 0 Å². The first-order valence-corrected chi connectivity index (χ1v) is 5.96. The van der Waals surface area contributed by atoms with Gasteiger partial charge >= 0.3 is 0 Å². The van der Waals surface area contributed by atoms with Crippen molar-refractivity contribution in [3.05, 3.63) is 11.5 Å². The number of allylic oxidation sites excluding steroid dienone is 1. The fraction of sp³-hybridized carbons (Fsp3) is 0.714. The Bertz CT molecular complexity index is 250. The van der Waals surface area contributed by atoms with E-state index in [0.717, 1.165) is 25.7 Å². The van der Waals surface area contributed by atoms with Crippen molar-refractivity contribution in [3.8, 4) is 0 Å². The van der Waals surface area contributed by atoms with E-state index in [4.69, 9.17) is 10.7 Å². The highest BCUT2D eigenvalue weighted by Gasteiger charge is 2.25. The lowest BCUT2D eigenvalue weighted by Gasteiger charge is -2.07. The zero-order chi connectivity index (χ0) is 8.48. The highest BCUT2D eigenvalue weighted by molar-refractivity contribution is 8.16. The van der Waals surface area contributed by atoms with Gasteiger partial charge in [0.1, 0.15) is 0 Å². The molecule has 1 rings (SSSR count). The molecule has 1 saturated carbocycles. The molecule has 0 radical (unpaired) electrons. The SMILES string of the molecule is C=C(C1CCCC1)S(=O)(=O)Cl. The van der Waals surface area contributed by atoms with Crippen molar-refractivity contribution in [2.75, 3.05) is 0 Å². The van der Waals surface area contributed by atoms with Gasteiger partial charge in [-0.15, -0.1) is 0 Å². The second kappa shape index (κ2) is 3.15. The van der Waals surface area contributed by atoms with Crippen LogP contribution in [0, 0.1) is 5.92 Å². The summed E-state index contributed by atoms with van der Waals surface area (Å²) in [6, 6.07) is 0. The van der Waals surface area contributed by atoms with Crippen LogP contribution in [0.3, 0.4) is 0 Å². The summed E-state index contributed by atoms with van der Waals surface area (Å²) in [6.07, 6.45) is 4.03. The molecule has 0 spiro atoms. The zero-order valence-corrected chi connectivity index (χ0v) is 7.79. The van der Waals surface area contributed by atoms with Crippen molar-refractivity contribution < 1.29 is 8.42 Å². The first kappa shape index (κ1) is 9.07. The summed E-state index contributed by atoms with van der Waals surface area (Å²) in [5, 5.41) is 0. The Morgan fingerprint density at radius 2 is 1.82 bits per heavy atom. The van der Waals surface area contributed by atoms with Gasteiger partial charge in [0.05, 0.1) is 4.91 Å². The Morgan fingerprint density at radius 3 is 2.18 bits per heavy atom. The molecule has 0 saturated heterocycles. The van der Waals surface area contributed by atoms with Gasteiger partial charge < -0.3 is 0 Å². The minimum atomic E-state index is -3.51. The van der Waals surface area contributed by atoms with Gasteiger partial charge in [0.2, 0.25) is 0 Å². The summed E-state index contributed by atoms with van der Waals surface area (Å²) in [5.74, 6) is 0.109. The van der Waals surface area contributed by atoms with Crippen molar-refractivity contribution >= 4 is 19.7 Å². The second-order valence-corrected chi connectivity index (χ2v) is 5.50. The summed E-state index contributed by atoms with van der Waals surface area (Å²) >= 11 is 0. The number of rotatable bonds is 2. The normalized spacial score (nSPS) is 20.5. The summed E-state index contributed by atoms with van der Waals surface area (Å²) in [7, 11) is 1.63. The van der Waals surface area contributed by atoms with Gasteiger partial charge in [-0.1, -0.05) is 19.4 Å². The van der Waals surface area contributed by atoms with Crippen LogP contribution < -0.4 is 0 Å². The molecule has 0 aliphatic heterocycles. The first-order chi connectivity index (χ1) is 5.02. The topological polar surface area (TPSA) is 34.1 Å². The average molecular weight is 195 g/mol. The summed E-state index contributed by atoms with van der Waals surface area (Å²) in [5.41, 5.74) is 0. The fourth-order valence-corrected chi connectivity index (χ4v) is 2.46. The van der Waals surface area contributed by atoms with Crippen LogP contribution in [0.1, 0.15) is 25.7 Å². The van der Waals surface area contributed by atoms with Gasteiger partial charge in [-0.2, -0.15) is 0 Å². The molecule has 11 heavy (non-hydrogen) atoms. The molecule has 0 unspecified atom stereocenters. The maximum atomic E-state index is 10.8. The minimum absolute atomic E-state index is 0.109. The predicted octanol–water partition coefficient (Wildman–Crippen LogP) is 2.26. The van der Waals surface area contributed by atoms with Gasteiger partial charge in [0, 0.05) is 10.7 Å². The molecule has 64 valence electrons. The van der Waals surface area contributed by atoms with Crippen LogP contribution in [-0.2, 0) is 9.05 Å². The highest BCUT2D eigenvalue weighted by Crippen LogP contribution is 2.33. The standard InChI is InChI=1S/C7H11ClO2S/c1-6(11(8,9)10)7-4-2-3-5-7/h7H,1-5H2. The molecule has 0 aromatic rings. The van der Waals surface area contributed by atoms with Crippen LogP contribution in [0.2, 0.25) is 0 Å². The average Bonchev–Trinajstić information content (AvgIpc) is 2.34. The van der Waals surface area contributed by atoms with Crippen molar-refractivity contribution in [3.63, 3.8) is 0 Å². The van der Waals surface area contributed by atoms with Gasteiger partial charge in [-0.25, -0.2) is 8.42 Å². The van der Waals surface area contributed by atoms with E-state index >= 15 is 0 Å². The Morgan fingerprint density at radius 1 is 1.36 bits per heavy atom. The monoisotopic (exact) mass is 194 g/mol. The van der Waals surface area contributed by atoms with E-state index in [0.29, 0.717) is 0 Å². The third kappa shape index (κ3) is 2.20. The summed E-state index contributed by atoms with van der Waals surface area (Å²) in [4.78, 5) is 0.205. The molecular weight excluding hydrogens is 184 g/mol. The molecule has 0 N–H and O–H groups in total. The van der Waals surface area contributed by atoms with Crippen LogP contribution in [0.4, 0.5) is 0 Å². The van der Waals surface area contributed by atoms with Crippen molar-refractivity contribution in [1.82, 2.24) is 0 Å². The van der Waals surface area contributed by atoms with Gasteiger partial charge in [0.25, 0.3) is 9.05 Å². The third-order valence-electron chi connectivity index (χ3n) is 2.12. The van der Waals surface area contributed by atoms with Crippen LogP contribution >= 0.6 is 10.7 Å². The molecule has 0 aromatic carbocycles. The molecule has 1 aliphatic carbocycles. The molecular formula is C7H11ClO2S. The van der Waals surface area contributed by atoms with Gasteiger partial charge in [-0.05, 0) is 18.8 Å². The molecule has 1 aliphatic rings. The zero-order valence-electron chi connectivity index (χ0n) is 6.22. The third-order valence-corrected chi connectivity index (χ3v) is 3.68. The van der Waals surface area contributed by atoms with E-state index < -0.39 is 9.05 Å². The maximum absolute atomic E-state index is 10.8. The maximum Gasteiger partial charge on any atom is 0.257 e. The van der Waals surface area contributed by atoms with E-state index in [1.165, 1.54) is 0 Å². The number of hydrogen-bond donors (Lipinski definition) is 0. The minimum Gasteiger partial charge on any atom is -0.207 e. The molecule has 2 nitrogen and oxygen atoms in total. The van der Waals surface area contributed by atoms with E-state index in [1.807, 2.05) is 0 Å². The molecule has 0 aromatic heterocycles. The Hall–Kier alpha value is -0.0200. The lowest BCUT2D eigenvalue weighted by molar-refractivity contribution is 0.598. The molecule has 0 bridgehead atoms. The summed E-state index contributed by atoms with van der Waals surface area (Å²) < 4.78 is 21.6. The number of halogens is 1. The fourth-order valence-electron chi connectivity index (χ4n) is 1.45. The van der Waals surface area contributed by atoms with Gasteiger partial charge in [0.15, 0.2) is 0 Å². The highest BCUT2D eigenvalue weighted by atomic mass is 35.7. The lowest BCUT2D eigenvalue weighted by Crippen LogP contribution is -2.03. The first-order valence-electron chi connectivity index (χ1n) is 3.65. The molecule has 0 atom stereocenters. The van der Waals surface area contributed by atoms with Crippen molar-refractivity contribution in [2.45, 2.75) is 25.7 Å². The molecule has 1 fully saturated rings. The Labute approximate surface area is 71.7 Å². The molecule has 0 amide bonds. The van der Waals surface area contributed by atoms with E-state index in [9.17, 15) is 8.42 Å². The quantitative estimate of drug-likeness (QED) is 0.632. The van der Waals surface area contributed by atoms with Crippen molar-refractivity contribution in [2.24, 2.45) is 5.92 Å². The van der Waals surface area contributed by atoms with Crippen LogP contribution in [0.15, 0.2) is 11.5 Å². The Kier molecular flexibility index (Phi) is 2.60. The predicted molar refractivity (Wildman–Crippen MR) is 45.9 cm³/mol. The van der Waals surface area contributed by atoms with E-state index in [2.05, 4.69) is 6.58 Å².